The van der Waals surface area contributed by atoms with Crippen LogP contribution in [0.15, 0.2) is 39.0 Å². The molecule has 0 aliphatic heterocycles. The standard InChI is InChI=1S/C21H25N7O5S2/c1-24(2)8-9-28(20-23-14-7-6-13(35(5,32)33)10-15(14)34-20)16(29)11-27-12-22-18-17(27)19(30)26(4)21(31)25(18)3/h6-7,10,12H,8-9,11H2,1-5H3. The number of anilines is 1. The average molecular weight is 520 g/mol. The van der Waals surface area contributed by atoms with Crippen LogP contribution in [0.1, 0.15) is 0 Å². The fourth-order valence-electron chi connectivity index (χ4n) is 3.61. The van der Waals surface area contributed by atoms with Gasteiger partial charge < -0.3 is 9.47 Å². The van der Waals surface area contributed by atoms with E-state index in [0.717, 1.165) is 10.8 Å². The summed E-state index contributed by atoms with van der Waals surface area (Å²) in [6.07, 6.45) is 2.50. The maximum Gasteiger partial charge on any atom is 0.332 e. The molecule has 0 saturated heterocycles. The second kappa shape index (κ2) is 9.02. The number of carbonyl (C=O) groups excluding carboxylic acids is 1. The molecule has 35 heavy (non-hydrogen) atoms. The first-order chi connectivity index (χ1) is 16.4. The van der Waals surface area contributed by atoms with E-state index in [-0.39, 0.29) is 28.5 Å². The Morgan fingerprint density at radius 2 is 1.83 bits per heavy atom. The average Bonchev–Trinajstić information content (AvgIpc) is 3.39. The Morgan fingerprint density at radius 3 is 2.49 bits per heavy atom. The molecule has 3 heterocycles. The van der Waals surface area contributed by atoms with Crippen molar-refractivity contribution < 1.29 is 13.2 Å². The smallest absolute Gasteiger partial charge is 0.315 e. The Morgan fingerprint density at radius 1 is 1.11 bits per heavy atom. The van der Waals surface area contributed by atoms with Gasteiger partial charge in [-0.05, 0) is 32.3 Å². The van der Waals surface area contributed by atoms with Gasteiger partial charge >= 0.3 is 5.69 Å². The van der Waals surface area contributed by atoms with Gasteiger partial charge in [0.05, 0.1) is 21.4 Å². The van der Waals surface area contributed by atoms with Crippen LogP contribution in [0.4, 0.5) is 5.13 Å². The van der Waals surface area contributed by atoms with Crippen LogP contribution in [0.3, 0.4) is 0 Å². The third kappa shape index (κ3) is 4.63. The van der Waals surface area contributed by atoms with Gasteiger partial charge in [0.1, 0.15) is 6.54 Å². The van der Waals surface area contributed by atoms with E-state index in [1.165, 1.54) is 51.9 Å². The highest BCUT2D eigenvalue weighted by Gasteiger charge is 2.23. The zero-order valence-corrected chi connectivity index (χ0v) is 21.6. The second-order valence-electron chi connectivity index (χ2n) is 8.50. The van der Waals surface area contributed by atoms with E-state index in [9.17, 15) is 22.8 Å². The maximum absolute atomic E-state index is 13.5. The lowest BCUT2D eigenvalue weighted by atomic mass is 10.3. The molecule has 0 unspecified atom stereocenters. The SMILES string of the molecule is CN(C)CCN(C(=O)Cn1cnc2c1c(=O)n(C)c(=O)n2C)c1nc2ccc(S(C)(=O)=O)cc2s1. The Hall–Kier alpha value is -3.36. The quantitative estimate of drug-likeness (QED) is 0.334. The van der Waals surface area contributed by atoms with E-state index in [2.05, 4.69) is 9.97 Å². The summed E-state index contributed by atoms with van der Waals surface area (Å²) in [6, 6.07) is 4.66. The van der Waals surface area contributed by atoms with E-state index in [1.807, 2.05) is 19.0 Å². The monoisotopic (exact) mass is 519 g/mol. The van der Waals surface area contributed by atoms with Gasteiger partial charge in [-0.15, -0.1) is 0 Å². The number of aromatic nitrogens is 5. The van der Waals surface area contributed by atoms with Gasteiger partial charge in [-0.25, -0.2) is 23.2 Å². The zero-order chi connectivity index (χ0) is 25.7. The van der Waals surface area contributed by atoms with Crippen LogP contribution in [-0.2, 0) is 35.3 Å². The Kier molecular flexibility index (Phi) is 6.38. The van der Waals surface area contributed by atoms with Crippen LogP contribution in [0, 0.1) is 0 Å². The van der Waals surface area contributed by atoms with Gasteiger partial charge in [-0.3, -0.25) is 23.6 Å². The first-order valence-corrected chi connectivity index (χ1v) is 13.3. The lowest BCUT2D eigenvalue weighted by Crippen LogP contribution is -2.40. The number of hydrogen-bond donors (Lipinski definition) is 0. The van der Waals surface area contributed by atoms with E-state index in [1.54, 1.807) is 12.1 Å². The van der Waals surface area contributed by atoms with Crippen molar-refractivity contribution in [1.29, 1.82) is 0 Å². The maximum atomic E-state index is 13.5. The summed E-state index contributed by atoms with van der Waals surface area (Å²) in [6.45, 7) is 0.687. The molecule has 0 fully saturated rings. The number of fused-ring (bicyclic) bond motifs is 2. The number of carbonyl (C=O) groups is 1. The van der Waals surface area contributed by atoms with Gasteiger partial charge in [0, 0.05) is 33.4 Å². The molecule has 0 spiro atoms. The summed E-state index contributed by atoms with van der Waals surface area (Å²) in [5.74, 6) is -0.329. The Labute approximate surface area is 204 Å². The number of hydrogen-bond acceptors (Lipinski definition) is 9. The summed E-state index contributed by atoms with van der Waals surface area (Å²) in [7, 11) is 3.26. The molecule has 4 rings (SSSR count). The van der Waals surface area contributed by atoms with Crippen LogP contribution in [0.25, 0.3) is 21.4 Å². The molecule has 0 saturated carbocycles. The van der Waals surface area contributed by atoms with Crippen molar-refractivity contribution in [3.05, 3.63) is 45.4 Å². The van der Waals surface area contributed by atoms with Crippen molar-refractivity contribution in [3.8, 4) is 0 Å². The third-order valence-electron chi connectivity index (χ3n) is 5.60. The third-order valence-corrected chi connectivity index (χ3v) is 7.75. The number of benzene rings is 1. The van der Waals surface area contributed by atoms with Gasteiger partial charge in [0.2, 0.25) is 5.91 Å². The van der Waals surface area contributed by atoms with Gasteiger partial charge in [0.15, 0.2) is 26.1 Å². The summed E-state index contributed by atoms with van der Waals surface area (Å²) in [4.78, 5) is 50.8. The number of sulfone groups is 1. The van der Waals surface area contributed by atoms with Crippen molar-refractivity contribution in [3.63, 3.8) is 0 Å². The zero-order valence-electron chi connectivity index (χ0n) is 19.9. The lowest BCUT2D eigenvalue weighted by Gasteiger charge is -2.22. The first-order valence-electron chi connectivity index (χ1n) is 10.5. The lowest BCUT2D eigenvalue weighted by molar-refractivity contribution is -0.119. The molecule has 1 amide bonds. The van der Waals surface area contributed by atoms with E-state index in [0.29, 0.717) is 28.4 Å². The first kappa shape index (κ1) is 24.8. The van der Waals surface area contributed by atoms with Crippen molar-refractivity contribution in [1.82, 2.24) is 28.6 Å². The number of aryl methyl sites for hydroxylation is 1. The minimum absolute atomic E-state index is 0.151. The molecule has 1 aromatic carbocycles. The van der Waals surface area contributed by atoms with Crippen LogP contribution < -0.4 is 16.1 Å². The molecule has 0 N–H and O–H groups in total. The van der Waals surface area contributed by atoms with Crippen LogP contribution >= 0.6 is 11.3 Å². The Bertz CT molecular complexity index is 1680. The number of amides is 1. The highest BCUT2D eigenvalue weighted by molar-refractivity contribution is 7.90. The number of imidazole rings is 1. The topological polar surface area (TPSA) is 132 Å². The fraction of sp³-hybridized carbons (Fsp3) is 0.381. The number of thiazole rings is 1. The molecule has 0 aliphatic carbocycles. The molecule has 0 radical (unpaired) electrons. The predicted molar refractivity (Wildman–Crippen MR) is 134 cm³/mol. The van der Waals surface area contributed by atoms with Crippen molar-refractivity contribution in [2.45, 2.75) is 11.4 Å². The molecule has 186 valence electrons. The molecule has 4 aromatic rings. The minimum Gasteiger partial charge on any atom is -0.315 e. The molecular weight excluding hydrogens is 494 g/mol. The van der Waals surface area contributed by atoms with Crippen molar-refractivity contribution in [2.75, 3.05) is 38.3 Å². The summed E-state index contributed by atoms with van der Waals surface area (Å²) in [5, 5.41) is 0.419. The van der Waals surface area contributed by atoms with E-state index in [4.69, 9.17) is 0 Å². The molecular formula is C21H25N7O5S2. The van der Waals surface area contributed by atoms with Crippen molar-refractivity contribution >= 4 is 53.6 Å². The highest BCUT2D eigenvalue weighted by Crippen LogP contribution is 2.31. The molecule has 0 bridgehead atoms. The van der Waals surface area contributed by atoms with Gasteiger partial charge in [0.25, 0.3) is 5.56 Å². The van der Waals surface area contributed by atoms with E-state index < -0.39 is 21.1 Å². The van der Waals surface area contributed by atoms with Crippen LogP contribution in [-0.4, -0.2) is 76.3 Å². The Balaban J connectivity index is 1.74. The van der Waals surface area contributed by atoms with Crippen molar-refractivity contribution in [2.24, 2.45) is 14.1 Å². The predicted octanol–water partition coefficient (Wildman–Crippen LogP) is 0.0417. The largest absolute Gasteiger partial charge is 0.332 e. The molecule has 14 heteroatoms. The highest BCUT2D eigenvalue weighted by atomic mass is 32.2. The number of likely N-dealkylation sites (N-methyl/N-ethyl adjacent to an activating group) is 1. The molecule has 3 aromatic heterocycles. The van der Waals surface area contributed by atoms with Gasteiger partial charge in [-0.1, -0.05) is 11.3 Å². The summed E-state index contributed by atoms with van der Waals surface area (Å²) in [5.41, 5.74) is -0.121. The second-order valence-corrected chi connectivity index (χ2v) is 11.5. The fourth-order valence-corrected chi connectivity index (χ4v) is 5.38. The van der Waals surface area contributed by atoms with Gasteiger partial charge in [-0.2, -0.15) is 0 Å². The summed E-state index contributed by atoms with van der Waals surface area (Å²) >= 11 is 1.22. The number of nitrogens with zero attached hydrogens (tertiary/aromatic N) is 7. The van der Waals surface area contributed by atoms with E-state index >= 15 is 0 Å². The van der Waals surface area contributed by atoms with Crippen LogP contribution in [0.5, 0.6) is 0 Å². The minimum atomic E-state index is -3.39. The van der Waals surface area contributed by atoms with Crippen LogP contribution in [0.2, 0.25) is 0 Å². The number of rotatable bonds is 7. The summed E-state index contributed by atoms with van der Waals surface area (Å²) < 4.78 is 28.2. The normalized spacial score (nSPS) is 12.2. The molecule has 0 atom stereocenters. The molecule has 0 aliphatic rings. The molecule has 12 nitrogen and oxygen atoms in total.